The molecule has 0 saturated heterocycles. The molecule has 0 fully saturated rings. The number of nitrogens with zero attached hydrogens (tertiary/aromatic N) is 5. The Morgan fingerprint density at radius 1 is 0.410 bits per heavy atom. The van der Waals surface area contributed by atoms with Gasteiger partial charge >= 0.3 is 0 Å². The van der Waals surface area contributed by atoms with Crippen LogP contribution >= 0.6 is 0 Å². The minimum atomic E-state index is -0.0695. The van der Waals surface area contributed by atoms with Gasteiger partial charge in [0.15, 0.2) is 11.3 Å². The van der Waals surface area contributed by atoms with Crippen molar-refractivity contribution in [3.63, 3.8) is 0 Å². The maximum atomic E-state index is 5.89. The number of rotatable bonds is 3. The van der Waals surface area contributed by atoms with E-state index in [0.29, 0.717) is 0 Å². The standard InChI is InChI=1S/C56H43N5/c1-55(2,3)34-25-26-44-40(29-34)41-30-35(56(4,5)6)31-43-48-53(60(44)50(41)43)58-49-47-39-24-16-13-17-32(39)27-42-46-38-23-15-14-18-33(38)28-45(52(46)61(51(42)47)54(49)57-48)59(36-19-9-7-10-20-36)37-21-11-8-12-22-37/h7-31H,1-6H3. The van der Waals surface area contributed by atoms with E-state index >= 15 is 0 Å². The zero-order valence-corrected chi connectivity index (χ0v) is 35.2. The number of hydrogen-bond donors (Lipinski definition) is 0. The first-order valence-corrected chi connectivity index (χ1v) is 21.4. The van der Waals surface area contributed by atoms with Crippen molar-refractivity contribution < 1.29 is 0 Å². The SMILES string of the molecule is CC(C)(C)c1ccc2c(c1)c1cc(C(C)(C)C)cc3c4nc5c(nc4n2c13)c1c2ccccc2cc2c3c4ccccc4cc(N(c4ccccc4)c4ccccc4)c3n5c21. The molecule has 0 spiro atoms. The molecular formula is C56H43N5. The topological polar surface area (TPSA) is 37.8 Å². The molecule has 0 N–H and O–H groups in total. The van der Waals surface area contributed by atoms with E-state index in [-0.39, 0.29) is 10.8 Å². The van der Waals surface area contributed by atoms with Gasteiger partial charge in [0.1, 0.15) is 11.0 Å². The average Bonchev–Trinajstić information content (AvgIpc) is 3.98. The lowest BCUT2D eigenvalue weighted by Crippen LogP contribution is -2.11. The van der Waals surface area contributed by atoms with Crippen molar-refractivity contribution >= 4 is 115 Å². The van der Waals surface area contributed by atoms with Gasteiger partial charge in [0.05, 0.1) is 27.8 Å². The highest BCUT2D eigenvalue weighted by Gasteiger charge is 2.30. The summed E-state index contributed by atoms with van der Waals surface area (Å²) in [6, 6.07) is 55.8. The van der Waals surface area contributed by atoms with Crippen LogP contribution in [0.15, 0.2) is 152 Å². The van der Waals surface area contributed by atoms with E-state index in [2.05, 4.69) is 207 Å². The summed E-state index contributed by atoms with van der Waals surface area (Å²) in [6.07, 6.45) is 0. The molecule has 5 heterocycles. The number of benzene rings is 8. The van der Waals surface area contributed by atoms with E-state index in [9.17, 15) is 0 Å². The van der Waals surface area contributed by atoms with Crippen LogP contribution in [0, 0.1) is 0 Å². The third-order valence-corrected chi connectivity index (χ3v) is 13.4. The molecule has 0 bridgehead atoms. The van der Waals surface area contributed by atoms with Gasteiger partial charge in [-0.25, -0.2) is 9.97 Å². The van der Waals surface area contributed by atoms with Crippen molar-refractivity contribution in [2.75, 3.05) is 4.90 Å². The van der Waals surface area contributed by atoms with Gasteiger partial charge in [-0.3, -0.25) is 8.80 Å². The maximum Gasteiger partial charge on any atom is 0.165 e. The lowest BCUT2D eigenvalue weighted by atomic mass is 9.84. The average molecular weight is 786 g/mol. The van der Waals surface area contributed by atoms with Crippen molar-refractivity contribution in [2.45, 2.75) is 52.4 Å². The van der Waals surface area contributed by atoms with E-state index in [4.69, 9.17) is 9.97 Å². The molecule has 5 nitrogen and oxygen atoms in total. The van der Waals surface area contributed by atoms with E-state index < -0.39 is 0 Å². The Morgan fingerprint density at radius 2 is 0.967 bits per heavy atom. The predicted octanol–water partition coefficient (Wildman–Crippen LogP) is 15.1. The molecule has 0 atom stereocenters. The molecule has 5 heteroatoms. The summed E-state index contributed by atoms with van der Waals surface area (Å²) >= 11 is 0. The smallest absolute Gasteiger partial charge is 0.165 e. The summed E-state index contributed by atoms with van der Waals surface area (Å²) in [7, 11) is 0. The van der Waals surface area contributed by atoms with Crippen molar-refractivity contribution in [1.82, 2.24) is 18.8 Å². The van der Waals surface area contributed by atoms with Crippen molar-refractivity contribution in [2.24, 2.45) is 0 Å². The van der Waals surface area contributed by atoms with Crippen LogP contribution in [0.4, 0.5) is 17.1 Å². The Morgan fingerprint density at radius 3 is 1.64 bits per heavy atom. The van der Waals surface area contributed by atoms with Crippen LogP contribution in [0.3, 0.4) is 0 Å². The molecule has 13 aromatic rings. The van der Waals surface area contributed by atoms with Crippen LogP contribution in [0.1, 0.15) is 52.7 Å². The molecule has 0 unspecified atom stereocenters. The van der Waals surface area contributed by atoms with Crippen LogP contribution in [-0.4, -0.2) is 18.8 Å². The molecule has 0 aliphatic carbocycles. The lowest BCUT2D eigenvalue weighted by molar-refractivity contribution is 0.590. The number of hydrogen-bond acceptors (Lipinski definition) is 3. The Labute approximate surface area is 352 Å². The fourth-order valence-corrected chi connectivity index (χ4v) is 10.4. The van der Waals surface area contributed by atoms with Crippen LogP contribution in [0.25, 0.3) is 98.3 Å². The van der Waals surface area contributed by atoms with E-state index in [1.165, 1.54) is 65.3 Å². The molecule has 0 aliphatic heterocycles. The Bertz CT molecular complexity index is 3900. The Kier molecular flexibility index (Phi) is 6.66. The minimum absolute atomic E-state index is 0.0203. The number of aromatic nitrogens is 4. The molecule has 0 aliphatic rings. The monoisotopic (exact) mass is 785 g/mol. The van der Waals surface area contributed by atoms with Crippen LogP contribution < -0.4 is 4.90 Å². The third kappa shape index (κ3) is 4.61. The third-order valence-electron chi connectivity index (χ3n) is 13.4. The number of anilines is 3. The fourth-order valence-electron chi connectivity index (χ4n) is 10.4. The predicted molar refractivity (Wildman–Crippen MR) is 258 cm³/mol. The molecule has 61 heavy (non-hydrogen) atoms. The molecule has 8 aromatic carbocycles. The van der Waals surface area contributed by atoms with Crippen LogP contribution in [0.2, 0.25) is 0 Å². The van der Waals surface area contributed by atoms with Crippen molar-refractivity contribution in [1.29, 1.82) is 0 Å². The second-order valence-electron chi connectivity index (χ2n) is 19.1. The zero-order chi connectivity index (χ0) is 41.1. The Balaban J connectivity index is 1.28. The highest BCUT2D eigenvalue weighted by Crippen LogP contribution is 2.51. The first kappa shape index (κ1) is 34.6. The van der Waals surface area contributed by atoms with Gasteiger partial charge in [-0.1, -0.05) is 133 Å². The summed E-state index contributed by atoms with van der Waals surface area (Å²) in [5.41, 5.74) is 14.1. The van der Waals surface area contributed by atoms with Gasteiger partial charge in [-0.2, -0.15) is 0 Å². The van der Waals surface area contributed by atoms with E-state index in [0.717, 1.165) is 61.2 Å². The quantitative estimate of drug-likeness (QED) is 0.179. The highest BCUT2D eigenvalue weighted by molar-refractivity contribution is 6.36. The normalized spacial score (nSPS) is 13.1. The number of para-hydroxylation sites is 2. The molecule has 13 rings (SSSR count). The largest absolute Gasteiger partial charge is 0.308 e. The lowest BCUT2D eigenvalue weighted by Gasteiger charge is -2.27. The molecule has 0 amide bonds. The fraction of sp³-hybridized carbons (Fsp3) is 0.143. The van der Waals surface area contributed by atoms with Gasteiger partial charge in [0, 0.05) is 43.7 Å². The van der Waals surface area contributed by atoms with Crippen LogP contribution in [0.5, 0.6) is 0 Å². The van der Waals surface area contributed by atoms with Crippen molar-refractivity contribution in [3.05, 3.63) is 163 Å². The van der Waals surface area contributed by atoms with Crippen molar-refractivity contribution in [3.8, 4) is 0 Å². The maximum absolute atomic E-state index is 5.89. The molecular weight excluding hydrogens is 743 g/mol. The summed E-state index contributed by atoms with van der Waals surface area (Å²) < 4.78 is 4.86. The van der Waals surface area contributed by atoms with Crippen LogP contribution in [-0.2, 0) is 10.8 Å². The van der Waals surface area contributed by atoms with Gasteiger partial charge in [-0.15, -0.1) is 0 Å². The summed E-state index contributed by atoms with van der Waals surface area (Å²) in [6.45, 7) is 13.8. The Hall–Kier alpha value is -7.24. The van der Waals surface area contributed by atoms with Gasteiger partial charge in [0.2, 0.25) is 0 Å². The second-order valence-corrected chi connectivity index (χ2v) is 19.1. The molecule has 0 saturated carbocycles. The number of fused-ring (bicyclic) bond motifs is 16. The zero-order valence-electron chi connectivity index (χ0n) is 35.2. The summed E-state index contributed by atoms with van der Waals surface area (Å²) in [5, 5.41) is 12.1. The molecule has 5 aromatic heterocycles. The van der Waals surface area contributed by atoms with Gasteiger partial charge < -0.3 is 4.90 Å². The summed E-state index contributed by atoms with van der Waals surface area (Å²) in [4.78, 5) is 14.1. The first-order chi connectivity index (χ1) is 29.5. The highest BCUT2D eigenvalue weighted by atomic mass is 15.2. The molecule has 292 valence electrons. The van der Waals surface area contributed by atoms with Gasteiger partial charge in [0.25, 0.3) is 0 Å². The van der Waals surface area contributed by atoms with E-state index in [1.807, 2.05) is 0 Å². The van der Waals surface area contributed by atoms with E-state index in [1.54, 1.807) is 0 Å². The minimum Gasteiger partial charge on any atom is -0.308 e. The summed E-state index contributed by atoms with van der Waals surface area (Å²) in [5.74, 6) is 0. The van der Waals surface area contributed by atoms with Gasteiger partial charge in [-0.05, 0) is 104 Å². The molecule has 0 radical (unpaired) electrons. The first-order valence-electron chi connectivity index (χ1n) is 21.4. The second kappa shape index (κ2) is 11.7.